The molecule has 0 bridgehead atoms. The van der Waals surface area contributed by atoms with Crippen molar-refractivity contribution in [3.05, 3.63) is 53.6 Å². The van der Waals surface area contributed by atoms with Gasteiger partial charge in [0.15, 0.2) is 5.69 Å². The fourth-order valence-electron chi connectivity index (χ4n) is 3.65. The predicted molar refractivity (Wildman–Crippen MR) is 102 cm³/mol. The Morgan fingerprint density at radius 1 is 1.04 bits per heavy atom. The first kappa shape index (κ1) is 17.3. The number of nitrogens with zero attached hydrogens (tertiary/aromatic N) is 7. The van der Waals surface area contributed by atoms with E-state index < -0.39 is 0 Å². The Bertz CT molecular complexity index is 952. The Kier molecular flexibility index (Phi) is 4.39. The lowest BCUT2D eigenvalue weighted by atomic mass is 10.2. The third-order valence-electron chi connectivity index (χ3n) is 4.96. The fourth-order valence-corrected chi connectivity index (χ4v) is 3.65. The zero-order chi connectivity index (χ0) is 19.0. The molecule has 0 aliphatic carbocycles. The summed E-state index contributed by atoms with van der Waals surface area (Å²) in [6, 6.07) is 10.1. The van der Waals surface area contributed by atoms with Crippen LogP contribution in [0.3, 0.4) is 0 Å². The second kappa shape index (κ2) is 6.86. The van der Waals surface area contributed by atoms with E-state index in [4.69, 9.17) is 5.10 Å². The molecule has 0 N–H and O–H groups in total. The quantitative estimate of drug-likeness (QED) is 0.705. The molecule has 0 radical (unpaired) electrons. The van der Waals surface area contributed by atoms with Crippen molar-refractivity contribution in [3.63, 3.8) is 0 Å². The van der Waals surface area contributed by atoms with Gasteiger partial charge in [0, 0.05) is 33.2 Å². The van der Waals surface area contributed by atoms with E-state index in [9.17, 15) is 4.79 Å². The summed E-state index contributed by atoms with van der Waals surface area (Å²) in [6.45, 7) is 7.00. The number of aryl methyl sites for hydroxylation is 2. The number of rotatable bonds is 3. The molecule has 1 amide bonds. The molecule has 0 saturated carbocycles. The molecule has 1 aromatic carbocycles. The summed E-state index contributed by atoms with van der Waals surface area (Å²) in [4.78, 5) is 16.7. The third kappa shape index (κ3) is 3.18. The maximum atomic E-state index is 12.6. The molecule has 3 heterocycles. The number of aromatic nitrogens is 5. The van der Waals surface area contributed by atoms with Crippen molar-refractivity contribution in [2.24, 2.45) is 7.05 Å². The van der Waals surface area contributed by atoms with E-state index in [-0.39, 0.29) is 5.91 Å². The highest BCUT2D eigenvalue weighted by Gasteiger charge is 2.27. The molecular formula is C19H23N7O. The van der Waals surface area contributed by atoms with Crippen LogP contribution >= 0.6 is 0 Å². The van der Waals surface area contributed by atoms with Crippen molar-refractivity contribution in [2.45, 2.75) is 13.8 Å². The van der Waals surface area contributed by atoms with Crippen molar-refractivity contribution in [1.29, 1.82) is 0 Å². The summed E-state index contributed by atoms with van der Waals surface area (Å²) in [5.41, 5.74) is 4.74. The van der Waals surface area contributed by atoms with Crippen LogP contribution in [0.5, 0.6) is 0 Å². The molecule has 27 heavy (non-hydrogen) atoms. The molecule has 8 heteroatoms. The second-order valence-electron chi connectivity index (χ2n) is 6.82. The van der Waals surface area contributed by atoms with Crippen molar-refractivity contribution in [1.82, 2.24) is 29.7 Å². The van der Waals surface area contributed by atoms with Crippen LogP contribution < -0.4 is 4.90 Å². The molecule has 1 aliphatic heterocycles. The largest absolute Gasteiger partial charge is 0.365 e. The average Bonchev–Trinajstić information content (AvgIpc) is 3.25. The highest BCUT2D eigenvalue weighted by atomic mass is 16.2. The molecule has 1 fully saturated rings. The predicted octanol–water partition coefficient (Wildman–Crippen LogP) is 1.58. The molecule has 3 aromatic rings. The molecule has 2 aromatic heterocycles. The first-order chi connectivity index (χ1) is 13.0. The smallest absolute Gasteiger partial charge is 0.276 e. The van der Waals surface area contributed by atoms with Gasteiger partial charge in [0.1, 0.15) is 0 Å². The van der Waals surface area contributed by atoms with E-state index in [1.807, 2.05) is 34.7 Å². The molecule has 0 spiro atoms. The van der Waals surface area contributed by atoms with Crippen LogP contribution in [0.1, 0.15) is 21.9 Å². The number of hydrogen-bond donors (Lipinski definition) is 0. The van der Waals surface area contributed by atoms with Gasteiger partial charge in [-0.05, 0) is 26.0 Å². The Balaban J connectivity index is 1.50. The normalized spacial score (nSPS) is 14.6. The molecule has 8 nitrogen and oxygen atoms in total. The van der Waals surface area contributed by atoms with Crippen LogP contribution in [0.15, 0.2) is 36.5 Å². The van der Waals surface area contributed by atoms with Gasteiger partial charge in [0.2, 0.25) is 0 Å². The number of hydrogen-bond acceptors (Lipinski definition) is 5. The average molecular weight is 365 g/mol. The van der Waals surface area contributed by atoms with Gasteiger partial charge >= 0.3 is 0 Å². The Morgan fingerprint density at radius 3 is 2.37 bits per heavy atom. The number of para-hydroxylation sites is 1. The van der Waals surface area contributed by atoms with Crippen LogP contribution in [0.2, 0.25) is 0 Å². The molecule has 1 saturated heterocycles. The highest BCUT2D eigenvalue weighted by Crippen LogP contribution is 2.27. The topological polar surface area (TPSA) is 72.1 Å². The maximum absolute atomic E-state index is 12.6. The number of piperazine rings is 1. The van der Waals surface area contributed by atoms with Gasteiger partial charge < -0.3 is 9.80 Å². The van der Waals surface area contributed by atoms with Gasteiger partial charge in [-0.3, -0.25) is 9.48 Å². The van der Waals surface area contributed by atoms with Gasteiger partial charge in [-0.25, -0.2) is 4.68 Å². The molecule has 1 aliphatic rings. The second-order valence-corrected chi connectivity index (χ2v) is 6.82. The summed E-state index contributed by atoms with van der Waals surface area (Å²) < 4.78 is 3.54. The number of benzene rings is 1. The van der Waals surface area contributed by atoms with Gasteiger partial charge in [-0.1, -0.05) is 23.4 Å². The molecule has 0 atom stereocenters. The summed E-state index contributed by atoms with van der Waals surface area (Å²) >= 11 is 0. The SMILES string of the molecule is Cc1nn(-c2ccccc2)c(C)c1N1CCN(C(=O)c2cn(C)nn2)CC1. The van der Waals surface area contributed by atoms with Crippen LogP contribution in [-0.4, -0.2) is 61.8 Å². The monoisotopic (exact) mass is 365 g/mol. The molecule has 0 unspecified atom stereocenters. The summed E-state index contributed by atoms with van der Waals surface area (Å²) in [7, 11) is 1.76. The lowest BCUT2D eigenvalue weighted by molar-refractivity contribution is 0.0740. The minimum Gasteiger partial charge on any atom is -0.365 e. The van der Waals surface area contributed by atoms with E-state index in [1.54, 1.807) is 17.9 Å². The fraction of sp³-hybridized carbons (Fsp3) is 0.368. The van der Waals surface area contributed by atoms with Crippen molar-refractivity contribution < 1.29 is 4.79 Å². The standard InChI is InChI=1S/C19H23N7O/c1-14-18(15(2)26(21-14)16-7-5-4-6-8-16)24-9-11-25(12-10-24)19(27)17-13-23(3)22-20-17/h4-8,13H,9-12H2,1-3H3. The lowest BCUT2D eigenvalue weighted by Gasteiger charge is -2.35. The van der Waals surface area contributed by atoms with E-state index in [1.165, 1.54) is 0 Å². The summed E-state index contributed by atoms with van der Waals surface area (Å²) in [5, 5.41) is 12.5. The number of carbonyl (C=O) groups is 1. The van der Waals surface area contributed by atoms with Crippen molar-refractivity contribution in [2.75, 3.05) is 31.1 Å². The van der Waals surface area contributed by atoms with Crippen molar-refractivity contribution >= 4 is 11.6 Å². The van der Waals surface area contributed by atoms with Crippen LogP contribution in [0.4, 0.5) is 5.69 Å². The first-order valence-corrected chi connectivity index (χ1v) is 9.07. The van der Waals surface area contributed by atoms with E-state index in [0.717, 1.165) is 35.9 Å². The van der Waals surface area contributed by atoms with E-state index in [0.29, 0.717) is 18.8 Å². The Morgan fingerprint density at radius 2 is 1.74 bits per heavy atom. The van der Waals surface area contributed by atoms with Gasteiger partial charge in [-0.2, -0.15) is 5.10 Å². The van der Waals surface area contributed by atoms with Crippen LogP contribution in [-0.2, 0) is 7.05 Å². The molecular weight excluding hydrogens is 342 g/mol. The third-order valence-corrected chi connectivity index (χ3v) is 4.96. The van der Waals surface area contributed by atoms with Crippen LogP contribution in [0, 0.1) is 13.8 Å². The van der Waals surface area contributed by atoms with Crippen LogP contribution in [0.25, 0.3) is 5.69 Å². The van der Waals surface area contributed by atoms with E-state index in [2.05, 4.69) is 34.3 Å². The summed E-state index contributed by atoms with van der Waals surface area (Å²) in [6.07, 6.45) is 1.66. The maximum Gasteiger partial charge on any atom is 0.276 e. The summed E-state index contributed by atoms with van der Waals surface area (Å²) in [5.74, 6) is -0.0591. The zero-order valence-corrected chi connectivity index (χ0v) is 15.8. The lowest BCUT2D eigenvalue weighted by Crippen LogP contribution is -2.49. The minimum atomic E-state index is -0.0591. The highest BCUT2D eigenvalue weighted by molar-refractivity contribution is 5.92. The number of carbonyl (C=O) groups excluding carboxylic acids is 1. The minimum absolute atomic E-state index is 0.0591. The van der Waals surface area contributed by atoms with Gasteiger partial charge in [0.05, 0.1) is 29.0 Å². The molecule has 140 valence electrons. The first-order valence-electron chi connectivity index (χ1n) is 9.07. The molecule has 4 rings (SSSR count). The van der Waals surface area contributed by atoms with Gasteiger partial charge in [-0.15, -0.1) is 5.10 Å². The van der Waals surface area contributed by atoms with Crippen molar-refractivity contribution in [3.8, 4) is 5.69 Å². The van der Waals surface area contributed by atoms with Gasteiger partial charge in [0.25, 0.3) is 5.91 Å². The Labute approximate surface area is 158 Å². The zero-order valence-electron chi connectivity index (χ0n) is 15.8. The number of amides is 1. The van der Waals surface area contributed by atoms with E-state index >= 15 is 0 Å². The number of anilines is 1. The Hall–Kier alpha value is -3.16.